The molecule has 0 fully saturated rings. The van der Waals surface area contributed by atoms with Crippen LogP contribution in [0.4, 0.5) is 0 Å². The lowest BCUT2D eigenvalue weighted by molar-refractivity contribution is 0.0153. The lowest BCUT2D eigenvalue weighted by Gasteiger charge is -2.21. The molecule has 0 radical (unpaired) electrons. The van der Waals surface area contributed by atoms with Crippen molar-refractivity contribution < 1.29 is 4.74 Å². The average Bonchev–Trinajstić information content (AvgIpc) is 2.56. The largest absolute Gasteiger partial charge is 0.369 e. The molecule has 1 aliphatic rings. The van der Waals surface area contributed by atoms with Gasteiger partial charge in [-0.3, -0.25) is 0 Å². The maximum atomic E-state index is 5.55. The van der Waals surface area contributed by atoms with E-state index in [2.05, 4.69) is 28.6 Å². The molecule has 1 atom stereocenters. The molecule has 3 nitrogen and oxygen atoms in total. The highest BCUT2D eigenvalue weighted by molar-refractivity contribution is 5.75. The summed E-state index contributed by atoms with van der Waals surface area (Å²) in [5.74, 6) is 1.05. The maximum absolute atomic E-state index is 5.55. The van der Waals surface area contributed by atoms with E-state index in [0.717, 1.165) is 17.9 Å². The minimum atomic E-state index is 0.292. The van der Waals surface area contributed by atoms with E-state index in [1.807, 2.05) is 12.1 Å². The quantitative estimate of drug-likeness (QED) is 0.632. The standard InChI is InChI=1S/C11H12N2O/c1-8-6-13-10-5-3-2-4-9(10)12-11(13)7-14-8/h2-5,8H,6-7H2,1H3/t8-/m0/s1. The predicted molar refractivity (Wildman–Crippen MR) is 54.0 cm³/mol. The van der Waals surface area contributed by atoms with E-state index in [1.54, 1.807) is 0 Å². The molecule has 1 aliphatic heterocycles. The second kappa shape index (κ2) is 2.82. The average molecular weight is 188 g/mol. The molecule has 2 aromatic rings. The Kier molecular flexibility index (Phi) is 1.61. The molecule has 1 aromatic carbocycles. The summed E-state index contributed by atoms with van der Waals surface area (Å²) in [6.07, 6.45) is 0.292. The zero-order chi connectivity index (χ0) is 9.54. The topological polar surface area (TPSA) is 27.1 Å². The molecule has 0 spiro atoms. The van der Waals surface area contributed by atoms with Gasteiger partial charge in [-0.05, 0) is 19.1 Å². The van der Waals surface area contributed by atoms with Gasteiger partial charge in [0.1, 0.15) is 12.4 Å². The van der Waals surface area contributed by atoms with Crippen LogP contribution in [0, 0.1) is 0 Å². The maximum Gasteiger partial charge on any atom is 0.136 e. The number of hydrogen-bond donors (Lipinski definition) is 0. The lowest BCUT2D eigenvalue weighted by Crippen LogP contribution is -2.24. The number of hydrogen-bond acceptors (Lipinski definition) is 2. The van der Waals surface area contributed by atoms with Crippen molar-refractivity contribution in [2.24, 2.45) is 0 Å². The summed E-state index contributed by atoms with van der Waals surface area (Å²) in [4.78, 5) is 4.53. The van der Waals surface area contributed by atoms with Crippen molar-refractivity contribution in [2.75, 3.05) is 0 Å². The van der Waals surface area contributed by atoms with E-state index >= 15 is 0 Å². The SMILES string of the molecule is C[C@H]1Cn2c(nc3ccccc32)CO1. The van der Waals surface area contributed by atoms with Crippen LogP contribution in [0.15, 0.2) is 24.3 Å². The van der Waals surface area contributed by atoms with Crippen molar-refractivity contribution in [3.63, 3.8) is 0 Å². The van der Waals surface area contributed by atoms with Crippen LogP contribution >= 0.6 is 0 Å². The van der Waals surface area contributed by atoms with Gasteiger partial charge in [0.2, 0.25) is 0 Å². The molecule has 3 rings (SSSR count). The highest BCUT2D eigenvalue weighted by Crippen LogP contribution is 2.21. The summed E-state index contributed by atoms with van der Waals surface area (Å²) in [6, 6.07) is 8.23. The molecule has 0 bridgehead atoms. The van der Waals surface area contributed by atoms with E-state index < -0.39 is 0 Å². The Morgan fingerprint density at radius 1 is 1.43 bits per heavy atom. The van der Waals surface area contributed by atoms with E-state index in [9.17, 15) is 0 Å². The predicted octanol–water partition coefficient (Wildman–Crippen LogP) is 1.95. The number of rotatable bonds is 0. The molecule has 0 saturated heterocycles. The van der Waals surface area contributed by atoms with Crippen molar-refractivity contribution in [1.29, 1.82) is 0 Å². The second-order valence-electron chi connectivity index (χ2n) is 3.75. The minimum Gasteiger partial charge on any atom is -0.369 e. The highest BCUT2D eigenvalue weighted by Gasteiger charge is 2.18. The molecule has 72 valence electrons. The zero-order valence-electron chi connectivity index (χ0n) is 8.10. The van der Waals surface area contributed by atoms with Crippen molar-refractivity contribution in [1.82, 2.24) is 9.55 Å². The van der Waals surface area contributed by atoms with Gasteiger partial charge in [-0.15, -0.1) is 0 Å². The van der Waals surface area contributed by atoms with Gasteiger partial charge in [0.15, 0.2) is 0 Å². The van der Waals surface area contributed by atoms with E-state index in [-0.39, 0.29) is 0 Å². The third-order valence-corrected chi connectivity index (χ3v) is 2.67. The fraction of sp³-hybridized carbons (Fsp3) is 0.364. The van der Waals surface area contributed by atoms with E-state index in [1.165, 1.54) is 5.52 Å². The molecule has 3 heteroatoms. The Morgan fingerprint density at radius 2 is 2.29 bits per heavy atom. The molecule has 14 heavy (non-hydrogen) atoms. The summed E-state index contributed by atoms with van der Waals surface area (Å²) < 4.78 is 7.80. The van der Waals surface area contributed by atoms with Gasteiger partial charge in [-0.2, -0.15) is 0 Å². The van der Waals surface area contributed by atoms with Crippen molar-refractivity contribution in [2.45, 2.75) is 26.2 Å². The number of para-hydroxylation sites is 2. The van der Waals surface area contributed by atoms with E-state index in [0.29, 0.717) is 12.7 Å². The normalized spacial score (nSPS) is 21.1. The minimum absolute atomic E-state index is 0.292. The fourth-order valence-electron chi connectivity index (χ4n) is 1.97. The molecule has 0 saturated carbocycles. The van der Waals surface area contributed by atoms with Gasteiger partial charge in [0.05, 0.1) is 23.7 Å². The summed E-state index contributed by atoms with van der Waals surface area (Å²) in [6.45, 7) is 3.64. The first-order valence-electron chi connectivity index (χ1n) is 4.90. The number of fused-ring (bicyclic) bond motifs is 3. The summed E-state index contributed by atoms with van der Waals surface area (Å²) >= 11 is 0. The summed E-state index contributed by atoms with van der Waals surface area (Å²) in [7, 11) is 0. The highest BCUT2D eigenvalue weighted by atomic mass is 16.5. The number of aromatic nitrogens is 2. The van der Waals surface area contributed by atoms with Gasteiger partial charge in [0, 0.05) is 0 Å². The van der Waals surface area contributed by atoms with Crippen LogP contribution in [0.2, 0.25) is 0 Å². The number of imidazole rings is 1. The van der Waals surface area contributed by atoms with Crippen LogP contribution in [0.3, 0.4) is 0 Å². The first-order chi connectivity index (χ1) is 6.84. The van der Waals surface area contributed by atoms with Gasteiger partial charge in [0.25, 0.3) is 0 Å². The molecule has 2 heterocycles. The van der Waals surface area contributed by atoms with Crippen molar-refractivity contribution in [3.8, 4) is 0 Å². The Hall–Kier alpha value is -1.35. The van der Waals surface area contributed by atoms with Crippen molar-refractivity contribution >= 4 is 11.0 Å². The van der Waals surface area contributed by atoms with Crippen LogP contribution in [0.1, 0.15) is 12.7 Å². The third kappa shape index (κ3) is 1.06. The number of benzene rings is 1. The molecule has 0 N–H and O–H groups in total. The first kappa shape index (κ1) is 8.00. The fourth-order valence-corrected chi connectivity index (χ4v) is 1.97. The lowest BCUT2D eigenvalue weighted by atomic mass is 10.3. The molecular formula is C11H12N2O. The Morgan fingerprint density at radius 3 is 3.21 bits per heavy atom. The Bertz CT molecular complexity index is 475. The second-order valence-corrected chi connectivity index (χ2v) is 3.75. The third-order valence-electron chi connectivity index (χ3n) is 2.67. The van der Waals surface area contributed by atoms with Crippen LogP contribution in [-0.4, -0.2) is 15.7 Å². The van der Waals surface area contributed by atoms with Crippen LogP contribution in [-0.2, 0) is 17.9 Å². The van der Waals surface area contributed by atoms with Gasteiger partial charge < -0.3 is 9.30 Å². The van der Waals surface area contributed by atoms with Gasteiger partial charge >= 0.3 is 0 Å². The molecule has 0 unspecified atom stereocenters. The van der Waals surface area contributed by atoms with Gasteiger partial charge in [-0.1, -0.05) is 12.1 Å². The number of ether oxygens (including phenoxy) is 1. The Labute approximate surface area is 82.3 Å². The molecule has 0 aliphatic carbocycles. The van der Waals surface area contributed by atoms with Crippen LogP contribution in [0.25, 0.3) is 11.0 Å². The first-order valence-corrected chi connectivity index (χ1v) is 4.90. The summed E-state index contributed by atoms with van der Waals surface area (Å²) in [5.41, 5.74) is 2.29. The monoisotopic (exact) mass is 188 g/mol. The smallest absolute Gasteiger partial charge is 0.136 e. The van der Waals surface area contributed by atoms with Gasteiger partial charge in [-0.25, -0.2) is 4.98 Å². The van der Waals surface area contributed by atoms with Crippen LogP contribution < -0.4 is 0 Å². The molecule has 0 amide bonds. The number of nitrogens with zero attached hydrogens (tertiary/aromatic N) is 2. The molecular weight excluding hydrogens is 176 g/mol. The van der Waals surface area contributed by atoms with E-state index in [4.69, 9.17) is 4.74 Å². The van der Waals surface area contributed by atoms with Crippen LogP contribution in [0.5, 0.6) is 0 Å². The Balaban J connectivity index is 2.25. The zero-order valence-corrected chi connectivity index (χ0v) is 8.10. The van der Waals surface area contributed by atoms with Crippen molar-refractivity contribution in [3.05, 3.63) is 30.1 Å². The summed E-state index contributed by atoms with van der Waals surface area (Å²) in [5, 5.41) is 0. The molecule has 1 aromatic heterocycles.